The molecule has 2 atom stereocenters. The maximum atomic E-state index is 5.93. The average molecular weight is 397 g/mol. The Kier molecular flexibility index (Phi) is 3.89. The molecule has 0 N–H and O–H groups in total. The smallest absolute Gasteiger partial charge is 0.152 e. The van der Waals surface area contributed by atoms with Gasteiger partial charge in [0, 0.05) is 16.3 Å². The Labute approximate surface area is 136 Å². The number of halogens is 2. The first kappa shape index (κ1) is 14.1. The summed E-state index contributed by atoms with van der Waals surface area (Å²) in [7, 11) is 0. The third kappa shape index (κ3) is 2.20. The molecule has 1 aliphatic heterocycles. The van der Waals surface area contributed by atoms with Gasteiger partial charge >= 0.3 is 0 Å². The predicted octanol–water partition coefficient (Wildman–Crippen LogP) is 5.00. The van der Waals surface area contributed by atoms with Crippen molar-refractivity contribution >= 4 is 32.1 Å². The van der Waals surface area contributed by atoms with Crippen molar-refractivity contribution in [2.75, 3.05) is 5.33 Å². The van der Waals surface area contributed by atoms with Gasteiger partial charge in [0.2, 0.25) is 0 Å². The number of hydroxylamine groups is 1. The lowest BCUT2D eigenvalue weighted by atomic mass is 9.74. The van der Waals surface area contributed by atoms with Crippen LogP contribution in [0.2, 0.25) is 0 Å². The van der Waals surface area contributed by atoms with Gasteiger partial charge in [0.1, 0.15) is 0 Å². The van der Waals surface area contributed by atoms with Gasteiger partial charge in [0.25, 0.3) is 0 Å². The van der Waals surface area contributed by atoms with Crippen LogP contribution in [-0.2, 0) is 5.41 Å². The molecule has 0 radical (unpaired) electrons. The van der Waals surface area contributed by atoms with Crippen molar-refractivity contribution in [2.24, 2.45) is 0 Å². The molecule has 0 aromatic heterocycles. The first-order chi connectivity index (χ1) is 9.66. The molecule has 3 rings (SSSR count). The van der Waals surface area contributed by atoms with E-state index in [1.54, 1.807) is 4.09 Å². The molecule has 4 heteroatoms. The molecule has 0 amide bonds. The van der Waals surface area contributed by atoms with Gasteiger partial charge in [0.05, 0.1) is 22.2 Å². The maximum absolute atomic E-state index is 5.93. The first-order valence-electron chi connectivity index (χ1n) is 6.50. The Morgan fingerprint density at radius 3 is 2.45 bits per heavy atom. The fourth-order valence-electron chi connectivity index (χ4n) is 2.80. The van der Waals surface area contributed by atoms with Crippen molar-refractivity contribution in [1.82, 2.24) is 4.09 Å². The molecular weight excluding hydrogens is 382 g/mol. The molecule has 0 saturated heterocycles. The summed E-state index contributed by atoms with van der Waals surface area (Å²) in [6.45, 7) is 2.26. The highest BCUT2D eigenvalue weighted by atomic mass is 79.9. The van der Waals surface area contributed by atoms with Crippen molar-refractivity contribution < 1.29 is 4.84 Å². The summed E-state index contributed by atoms with van der Waals surface area (Å²) < 4.78 is 1.78. The highest BCUT2D eigenvalue weighted by Crippen LogP contribution is 2.50. The van der Waals surface area contributed by atoms with E-state index in [1.165, 1.54) is 11.1 Å². The van der Waals surface area contributed by atoms with E-state index in [9.17, 15) is 0 Å². The summed E-state index contributed by atoms with van der Waals surface area (Å²) in [5, 5.41) is 0.849. The Balaban J connectivity index is 2.16. The van der Waals surface area contributed by atoms with Gasteiger partial charge < -0.3 is 4.84 Å². The van der Waals surface area contributed by atoms with Crippen LogP contribution in [0.1, 0.15) is 24.1 Å². The summed E-state index contributed by atoms with van der Waals surface area (Å²) in [4.78, 5) is 5.93. The van der Waals surface area contributed by atoms with E-state index in [0.717, 1.165) is 11.1 Å². The SMILES string of the molecule is CC1(CBr)c2ccccc2ON(Br)C1c1ccccc1. The zero-order chi connectivity index (χ0) is 14.2. The highest BCUT2D eigenvalue weighted by Gasteiger charge is 2.46. The van der Waals surface area contributed by atoms with Crippen LogP contribution in [-0.4, -0.2) is 9.42 Å². The molecule has 2 unspecified atom stereocenters. The third-order valence-electron chi connectivity index (χ3n) is 3.89. The van der Waals surface area contributed by atoms with E-state index in [0.29, 0.717) is 0 Å². The topological polar surface area (TPSA) is 12.5 Å². The van der Waals surface area contributed by atoms with Crippen LogP contribution in [0, 0.1) is 0 Å². The number of hydrogen-bond donors (Lipinski definition) is 0. The fourth-order valence-corrected chi connectivity index (χ4v) is 4.25. The van der Waals surface area contributed by atoms with Gasteiger partial charge in [0.15, 0.2) is 5.75 Å². The van der Waals surface area contributed by atoms with Crippen molar-refractivity contribution in [3.05, 3.63) is 65.7 Å². The van der Waals surface area contributed by atoms with Gasteiger partial charge in [-0.1, -0.05) is 75.5 Å². The van der Waals surface area contributed by atoms with E-state index in [4.69, 9.17) is 4.84 Å². The zero-order valence-corrected chi connectivity index (χ0v) is 14.3. The van der Waals surface area contributed by atoms with Crippen molar-refractivity contribution in [3.8, 4) is 5.75 Å². The van der Waals surface area contributed by atoms with Crippen LogP contribution >= 0.6 is 32.1 Å². The summed E-state index contributed by atoms with van der Waals surface area (Å²) >= 11 is 7.27. The zero-order valence-electron chi connectivity index (χ0n) is 11.1. The average Bonchev–Trinajstić information content (AvgIpc) is 2.48. The van der Waals surface area contributed by atoms with Crippen LogP contribution in [0.3, 0.4) is 0 Å². The van der Waals surface area contributed by atoms with E-state index in [1.807, 2.05) is 18.2 Å². The van der Waals surface area contributed by atoms with Gasteiger partial charge in [-0.15, -0.1) is 0 Å². The number of rotatable bonds is 2. The minimum atomic E-state index is -0.0836. The van der Waals surface area contributed by atoms with Crippen LogP contribution < -0.4 is 4.84 Å². The van der Waals surface area contributed by atoms with E-state index in [2.05, 4.69) is 75.4 Å². The second-order valence-corrected chi connectivity index (χ2v) is 6.48. The normalized spacial score (nSPS) is 25.9. The summed E-state index contributed by atoms with van der Waals surface area (Å²) in [5.74, 6) is 0.901. The summed E-state index contributed by atoms with van der Waals surface area (Å²) in [5.41, 5.74) is 2.36. The number of benzene rings is 2. The molecule has 0 spiro atoms. The second kappa shape index (κ2) is 5.51. The molecule has 0 fully saturated rings. The Morgan fingerprint density at radius 2 is 1.75 bits per heavy atom. The Hall–Kier alpha value is -0.840. The predicted molar refractivity (Wildman–Crippen MR) is 88.2 cm³/mol. The first-order valence-corrected chi connectivity index (χ1v) is 8.33. The molecule has 0 bridgehead atoms. The Morgan fingerprint density at radius 1 is 1.10 bits per heavy atom. The maximum Gasteiger partial charge on any atom is 0.152 e. The van der Waals surface area contributed by atoms with E-state index < -0.39 is 0 Å². The van der Waals surface area contributed by atoms with Crippen LogP contribution in [0.4, 0.5) is 0 Å². The number of alkyl halides is 1. The molecule has 0 aliphatic carbocycles. The number of para-hydroxylation sites is 1. The number of fused-ring (bicyclic) bond motifs is 1. The van der Waals surface area contributed by atoms with Gasteiger partial charge in [-0.2, -0.15) is 0 Å². The monoisotopic (exact) mass is 395 g/mol. The number of hydrogen-bond acceptors (Lipinski definition) is 2. The molecule has 2 aromatic carbocycles. The highest BCUT2D eigenvalue weighted by molar-refractivity contribution is 9.09. The van der Waals surface area contributed by atoms with Gasteiger partial charge in [-0.05, 0) is 11.6 Å². The Bertz CT molecular complexity index is 604. The largest absolute Gasteiger partial charge is 0.394 e. The molecule has 1 aliphatic rings. The van der Waals surface area contributed by atoms with Crippen LogP contribution in [0.5, 0.6) is 5.75 Å². The molecule has 2 nitrogen and oxygen atoms in total. The molecule has 20 heavy (non-hydrogen) atoms. The standard InChI is InChI=1S/C16H15Br2NO/c1-16(11-17)13-9-5-6-10-14(13)20-19(18)15(16)12-7-3-2-4-8-12/h2-10,15H,11H2,1H3. The lowest BCUT2D eigenvalue weighted by Crippen LogP contribution is -2.45. The third-order valence-corrected chi connectivity index (χ3v) is 5.61. The lowest BCUT2D eigenvalue weighted by molar-refractivity contribution is -0.0309. The van der Waals surface area contributed by atoms with Crippen LogP contribution in [0.25, 0.3) is 0 Å². The van der Waals surface area contributed by atoms with E-state index >= 15 is 0 Å². The fraction of sp³-hybridized carbons (Fsp3) is 0.250. The molecule has 0 saturated carbocycles. The van der Waals surface area contributed by atoms with Crippen molar-refractivity contribution in [1.29, 1.82) is 0 Å². The lowest BCUT2D eigenvalue weighted by Gasteiger charge is -2.45. The number of nitrogens with zero attached hydrogens (tertiary/aromatic N) is 1. The van der Waals surface area contributed by atoms with Crippen molar-refractivity contribution in [3.63, 3.8) is 0 Å². The molecular formula is C16H15Br2NO. The quantitative estimate of drug-likeness (QED) is 0.523. The van der Waals surface area contributed by atoms with Crippen LogP contribution in [0.15, 0.2) is 54.6 Å². The van der Waals surface area contributed by atoms with Gasteiger partial charge in [-0.3, -0.25) is 0 Å². The molecule has 2 aromatic rings. The minimum absolute atomic E-state index is 0.0836. The van der Waals surface area contributed by atoms with E-state index in [-0.39, 0.29) is 11.5 Å². The van der Waals surface area contributed by atoms with Crippen molar-refractivity contribution in [2.45, 2.75) is 18.4 Å². The molecule has 104 valence electrons. The molecule has 1 heterocycles. The van der Waals surface area contributed by atoms with Gasteiger partial charge in [-0.25, -0.2) is 0 Å². The summed E-state index contributed by atoms with van der Waals surface area (Å²) in [6, 6.07) is 18.7. The second-order valence-electron chi connectivity index (χ2n) is 5.22. The summed E-state index contributed by atoms with van der Waals surface area (Å²) in [6.07, 6.45) is 0. The minimum Gasteiger partial charge on any atom is -0.394 e.